The molecule has 2 aromatic carbocycles. The Bertz CT molecular complexity index is 464. The third-order valence-electron chi connectivity index (χ3n) is 2.85. The van der Waals surface area contributed by atoms with Crippen LogP contribution in [0.1, 0.15) is 25.5 Å². The summed E-state index contributed by atoms with van der Waals surface area (Å²) in [6.07, 6.45) is 0. The number of hydrogen-bond donors (Lipinski definition) is 1. The summed E-state index contributed by atoms with van der Waals surface area (Å²) in [6, 6.07) is 18.8. The summed E-state index contributed by atoms with van der Waals surface area (Å²) in [5, 5.41) is 3.47. The van der Waals surface area contributed by atoms with Crippen molar-refractivity contribution in [3.8, 4) is 5.75 Å². The molecule has 2 heteroatoms. The Morgan fingerprint density at radius 2 is 1.67 bits per heavy atom. The monoisotopic (exact) mass is 241 g/mol. The van der Waals surface area contributed by atoms with Crippen LogP contribution in [0.15, 0.2) is 54.6 Å². The quantitative estimate of drug-likeness (QED) is 0.844. The van der Waals surface area contributed by atoms with E-state index in [1.54, 1.807) is 0 Å². The first-order valence-corrected chi connectivity index (χ1v) is 6.34. The van der Waals surface area contributed by atoms with Crippen LogP contribution in [0.5, 0.6) is 5.75 Å². The van der Waals surface area contributed by atoms with Gasteiger partial charge in [0.05, 0.1) is 6.61 Å². The zero-order chi connectivity index (χ0) is 12.8. The molecule has 94 valence electrons. The maximum absolute atomic E-state index is 5.42. The van der Waals surface area contributed by atoms with Crippen molar-refractivity contribution in [2.24, 2.45) is 0 Å². The Labute approximate surface area is 109 Å². The van der Waals surface area contributed by atoms with E-state index in [0.717, 1.165) is 11.4 Å². The van der Waals surface area contributed by atoms with Crippen molar-refractivity contribution in [2.75, 3.05) is 11.9 Å². The summed E-state index contributed by atoms with van der Waals surface area (Å²) in [5.41, 5.74) is 2.39. The first-order valence-electron chi connectivity index (χ1n) is 6.34. The number of anilines is 1. The van der Waals surface area contributed by atoms with Crippen LogP contribution in [-0.4, -0.2) is 6.61 Å². The summed E-state index contributed by atoms with van der Waals surface area (Å²) >= 11 is 0. The fraction of sp³-hybridized carbons (Fsp3) is 0.250. The summed E-state index contributed by atoms with van der Waals surface area (Å²) in [5.74, 6) is 0.912. The van der Waals surface area contributed by atoms with Crippen LogP contribution in [-0.2, 0) is 0 Å². The second kappa shape index (κ2) is 6.10. The molecule has 18 heavy (non-hydrogen) atoms. The van der Waals surface area contributed by atoms with Crippen LogP contribution in [0.3, 0.4) is 0 Å². The fourth-order valence-electron chi connectivity index (χ4n) is 1.89. The highest BCUT2D eigenvalue weighted by Crippen LogP contribution is 2.21. The zero-order valence-corrected chi connectivity index (χ0v) is 10.9. The van der Waals surface area contributed by atoms with Gasteiger partial charge in [-0.2, -0.15) is 0 Å². The molecule has 0 fully saturated rings. The molecular weight excluding hydrogens is 222 g/mol. The molecule has 2 rings (SSSR count). The van der Waals surface area contributed by atoms with Gasteiger partial charge in [-0.3, -0.25) is 0 Å². The molecule has 0 spiro atoms. The first-order chi connectivity index (χ1) is 8.79. The zero-order valence-electron chi connectivity index (χ0n) is 10.9. The number of rotatable bonds is 5. The van der Waals surface area contributed by atoms with Gasteiger partial charge < -0.3 is 10.1 Å². The Hall–Kier alpha value is -1.96. The van der Waals surface area contributed by atoms with Gasteiger partial charge in [-0.05, 0) is 43.7 Å². The average Bonchev–Trinajstić information content (AvgIpc) is 2.42. The molecule has 0 bridgehead atoms. The molecule has 0 saturated heterocycles. The lowest BCUT2D eigenvalue weighted by Gasteiger charge is -2.16. The van der Waals surface area contributed by atoms with Gasteiger partial charge >= 0.3 is 0 Å². The first kappa shape index (κ1) is 12.5. The Morgan fingerprint density at radius 3 is 2.28 bits per heavy atom. The number of ether oxygens (including phenoxy) is 1. The predicted molar refractivity (Wildman–Crippen MR) is 76.1 cm³/mol. The minimum Gasteiger partial charge on any atom is -0.494 e. The highest BCUT2D eigenvalue weighted by Gasteiger charge is 2.04. The van der Waals surface area contributed by atoms with E-state index in [-0.39, 0.29) is 0 Å². The van der Waals surface area contributed by atoms with Crippen LogP contribution >= 0.6 is 0 Å². The second-order valence-electron chi connectivity index (χ2n) is 4.23. The molecule has 2 aromatic rings. The lowest BCUT2D eigenvalue weighted by Crippen LogP contribution is -2.06. The van der Waals surface area contributed by atoms with Gasteiger partial charge in [0.1, 0.15) is 5.75 Å². The van der Waals surface area contributed by atoms with Crippen molar-refractivity contribution in [1.82, 2.24) is 0 Å². The van der Waals surface area contributed by atoms with Crippen molar-refractivity contribution >= 4 is 5.69 Å². The Morgan fingerprint density at radius 1 is 1.00 bits per heavy atom. The van der Waals surface area contributed by atoms with E-state index < -0.39 is 0 Å². The molecule has 1 N–H and O–H groups in total. The molecule has 0 aliphatic carbocycles. The van der Waals surface area contributed by atoms with E-state index in [4.69, 9.17) is 4.74 Å². The van der Waals surface area contributed by atoms with E-state index >= 15 is 0 Å². The smallest absolute Gasteiger partial charge is 0.119 e. The third-order valence-corrected chi connectivity index (χ3v) is 2.85. The van der Waals surface area contributed by atoms with Gasteiger partial charge in [-0.15, -0.1) is 0 Å². The summed E-state index contributed by atoms with van der Waals surface area (Å²) in [4.78, 5) is 0. The maximum Gasteiger partial charge on any atom is 0.119 e. The van der Waals surface area contributed by atoms with Gasteiger partial charge in [0.25, 0.3) is 0 Å². The van der Waals surface area contributed by atoms with Crippen LogP contribution in [0.25, 0.3) is 0 Å². The van der Waals surface area contributed by atoms with Crippen LogP contribution in [0.2, 0.25) is 0 Å². The van der Waals surface area contributed by atoms with E-state index in [2.05, 4.69) is 36.5 Å². The van der Waals surface area contributed by atoms with Crippen LogP contribution in [0, 0.1) is 0 Å². The van der Waals surface area contributed by atoms with Gasteiger partial charge in [0, 0.05) is 11.7 Å². The SMILES string of the molecule is CCOc1ccc(N[C@@H](C)c2ccccc2)cc1. The second-order valence-corrected chi connectivity index (χ2v) is 4.23. The van der Waals surface area contributed by atoms with E-state index in [1.165, 1.54) is 5.56 Å². The molecule has 0 unspecified atom stereocenters. The van der Waals surface area contributed by atoms with Gasteiger partial charge in [-0.25, -0.2) is 0 Å². The molecule has 2 nitrogen and oxygen atoms in total. The normalized spacial score (nSPS) is 11.9. The summed E-state index contributed by atoms with van der Waals surface area (Å²) in [6.45, 7) is 4.85. The van der Waals surface area contributed by atoms with Crippen molar-refractivity contribution in [3.05, 3.63) is 60.2 Å². The highest BCUT2D eigenvalue weighted by atomic mass is 16.5. The standard InChI is InChI=1S/C16H19NO/c1-3-18-16-11-9-15(10-12-16)17-13(2)14-7-5-4-6-8-14/h4-13,17H,3H2,1-2H3/t13-/m0/s1. The number of benzene rings is 2. The summed E-state index contributed by atoms with van der Waals surface area (Å²) in [7, 11) is 0. The fourth-order valence-corrected chi connectivity index (χ4v) is 1.89. The predicted octanol–water partition coefficient (Wildman–Crippen LogP) is 4.26. The van der Waals surface area contributed by atoms with Crippen molar-refractivity contribution in [2.45, 2.75) is 19.9 Å². The number of nitrogens with one attached hydrogen (secondary N) is 1. The molecule has 0 amide bonds. The topological polar surface area (TPSA) is 21.3 Å². The van der Waals surface area contributed by atoms with Crippen LogP contribution < -0.4 is 10.1 Å². The summed E-state index contributed by atoms with van der Waals surface area (Å²) < 4.78 is 5.42. The van der Waals surface area contributed by atoms with E-state index in [1.807, 2.05) is 37.3 Å². The lowest BCUT2D eigenvalue weighted by molar-refractivity contribution is 0.340. The van der Waals surface area contributed by atoms with Crippen LogP contribution in [0.4, 0.5) is 5.69 Å². The third kappa shape index (κ3) is 3.27. The van der Waals surface area contributed by atoms with E-state index in [0.29, 0.717) is 12.6 Å². The lowest BCUT2D eigenvalue weighted by atomic mass is 10.1. The highest BCUT2D eigenvalue weighted by molar-refractivity contribution is 5.48. The van der Waals surface area contributed by atoms with Crippen molar-refractivity contribution in [3.63, 3.8) is 0 Å². The molecule has 0 aliphatic heterocycles. The largest absolute Gasteiger partial charge is 0.494 e. The Kier molecular flexibility index (Phi) is 4.24. The molecule has 1 atom stereocenters. The molecule has 0 radical (unpaired) electrons. The average molecular weight is 241 g/mol. The van der Waals surface area contributed by atoms with Gasteiger partial charge in [0.15, 0.2) is 0 Å². The minimum atomic E-state index is 0.296. The molecular formula is C16H19NO. The molecule has 0 saturated carbocycles. The van der Waals surface area contributed by atoms with Gasteiger partial charge in [-0.1, -0.05) is 30.3 Å². The van der Waals surface area contributed by atoms with Crippen molar-refractivity contribution in [1.29, 1.82) is 0 Å². The molecule has 0 aliphatic rings. The van der Waals surface area contributed by atoms with Crippen molar-refractivity contribution < 1.29 is 4.74 Å². The minimum absolute atomic E-state index is 0.296. The van der Waals surface area contributed by atoms with E-state index in [9.17, 15) is 0 Å². The molecule has 0 heterocycles. The molecule has 0 aromatic heterocycles. The maximum atomic E-state index is 5.42. The Balaban J connectivity index is 2.01. The van der Waals surface area contributed by atoms with Gasteiger partial charge in [0.2, 0.25) is 0 Å². The number of hydrogen-bond acceptors (Lipinski definition) is 2.